The highest BCUT2D eigenvalue weighted by atomic mass is 16.5. The van der Waals surface area contributed by atoms with E-state index in [4.69, 9.17) is 4.74 Å². The Bertz CT molecular complexity index is 1250. The summed E-state index contributed by atoms with van der Waals surface area (Å²) in [6.07, 6.45) is 0.120. The molecule has 0 heterocycles. The van der Waals surface area contributed by atoms with Crippen LogP contribution in [0.2, 0.25) is 0 Å². The maximum atomic E-state index is 13.1. The molecular weight excluding hydrogens is 478 g/mol. The van der Waals surface area contributed by atoms with Gasteiger partial charge in [-0.2, -0.15) is 0 Å². The molecule has 0 radical (unpaired) electrons. The van der Waals surface area contributed by atoms with Crippen LogP contribution in [0.3, 0.4) is 0 Å². The number of Topliss-reactive ketones (excluding diaryl/α,β-unsaturated/α-hetero) is 1. The third-order valence-corrected chi connectivity index (χ3v) is 7.33. The van der Waals surface area contributed by atoms with E-state index in [1.807, 2.05) is 38.1 Å². The average Bonchev–Trinajstić information content (AvgIpc) is 3.24. The summed E-state index contributed by atoms with van der Waals surface area (Å²) in [5.41, 5.74) is 6.18. The summed E-state index contributed by atoms with van der Waals surface area (Å²) >= 11 is 0. The normalized spacial score (nSPS) is 13.9. The third-order valence-electron chi connectivity index (χ3n) is 7.33. The number of aliphatic hydroxyl groups excluding tert-OH is 1. The van der Waals surface area contributed by atoms with Crippen molar-refractivity contribution in [2.24, 2.45) is 11.8 Å². The van der Waals surface area contributed by atoms with Gasteiger partial charge in [-0.3, -0.25) is 14.4 Å². The lowest BCUT2D eigenvalue weighted by molar-refractivity contribution is -0.148. The number of nitrogens with one attached hydrogen (secondary N) is 1. The van der Waals surface area contributed by atoms with Crippen molar-refractivity contribution in [1.82, 2.24) is 5.32 Å². The Kier molecular flexibility index (Phi) is 8.74. The van der Waals surface area contributed by atoms with Crippen LogP contribution in [0.25, 0.3) is 11.1 Å². The largest absolute Gasteiger partial charge is 0.465 e. The van der Waals surface area contributed by atoms with Gasteiger partial charge in [-0.15, -0.1) is 0 Å². The molecule has 1 amide bonds. The first-order chi connectivity index (χ1) is 18.3. The van der Waals surface area contributed by atoms with Crippen LogP contribution in [0.4, 0.5) is 0 Å². The van der Waals surface area contributed by atoms with Crippen molar-refractivity contribution in [3.05, 3.63) is 95.1 Å². The molecule has 0 unspecified atom stereocenters. The molecule has 0 bridgehead atoms. The lowest BCUT2D eigenvalue weighted by Crippen LogP contribution is -2.44. The number of hydrogen-bond acceptors (Lipinski definition) is 5. The molecule has 198 valence electrons. The minimum atomic E-state index is -0.691. The molecule has 0 aromatic heterocycles. The molecule has 1 aliphatic rings. The van der Waals surface area contributed by atoms with E-state index in [-0.39, 0.29) is 49.6 Å². The van der Waals surface area contributed by atoms with Crippen molar-refractivity contribution in [3.8, 4) is 11.1 Å². The molecule has 2 atom stereocenters. The van der Waals surface area contributed by atoms with Crippen LogP contribution in [0.1, 0.15) is 55.4 Å². The highest BCUT2D eigenvalue weighted by molar-refractivity contribution is 5.92. The van der Waals surface area contributed by atoms with Gasteiger partial charge in [0.1, 0.15) is 6.61 Å². The van der Waals surface area contributed by atoms with Crippen molar-refractivity contribution >= 4 is 17.7 Å². The van der Waals surface area contributed by atoms with Gasteiger partial charge in [-0.25, -0.2) is 0 Å². The first-order valence-corrected chi connectivity index (χ1v) is 13.1. The highest BCUT2D eigenvalue weighted by Crippen LogP contribution is 2.44. The SMILES string of the molecule is CC(C)[C@@H](CC(=O)OCC1c2ccccc2-c2ccccc21)C(=O)N[C@@H](C)C(=O)Cc1ccc(CO)cc1. The van der Waals surface area contributed by atoms with E-state index >= 15 is 0 Å². The molecule has 0 saturated carbocycles. The molecule has 3 aromatic carbocycles. The molecule has 4 rings (SSSR count). The van der Waals surface area contributed by atoms with Crippen molar-refractivity contribution in [2.75, 3.05) is 6.61 Å². The number of carbonyl (C=O) groups is 3. The number of fused-ring (bicyclic) bond motifs is 3. The van der Waals surface area contributed by atoms with Crippen LogP contribution in [0.15, 0.2) is 72.8 Å². The van der Waals surface area contributed by atoms with Crippen LogP contribution in [-0.2, 0) is 32.1 Å². The number of amides is 1. The van der Waals surface area contributed by atoms with Gasteiger partial charge in [0.05, 0.1) is 25.0 Å². The molecule has 0 fully saturated rings. The van der Waals surface area contributed by atoms with Gasteiger partial charge >= 0.3 is 5.97 Å². The summed E-state index contributed by atoms with van der Waals surface area (Å²) in [6, 6.07) is 22.8. The fraction of sp³-hybridized carbons (Fsp3) is 0.344. The van der Waals surface area contributed by atoms with Crippen LogP contribution < -0.4 is 5.32 Å². The van der Waals surface area contributed by atoms with Crippen LogP contribution in [0.5, 0.6) is 0 Å². The second-order valence-corrected chi connectivity index (χ2v) is 10.3. The number of carbonyl (C=O) groups excluding carboxylic acids is 3. The number of aliphatic hydroxyl groups is 1. The van der Waals surface area contributed by atoms with Gasteiger partial charge in [0, 0.05) is 12.3 Å². The molecule has 0 spiro atoms. The van der Waals surface area contributed by atoms with Gasteiger partial charge in [0.25, 0.3) is 0 Å². The molecular formula is C32H35NO5. The Morgan fingerprint density at radius 2 is 1.39 bits per heavy atom. The van der Waals surface area contributed by atoms with Crippen molar-refractivity contribution < 1.29 is 24.2 Å². The molecule has 2 N–H and O–H groups in total. The fourth-order valence-electron chi connectivity index (χ4n) is 5.00. The summed E-state index contributed by atoms with van der Waals surface area (Å²) in [4.78, 5) is 38.6. The summed E-state index contributed by atoms with van der Waals surface area (Å²) in [5, 5.41) is 12.0. The van der Waals surface area contributed by atoms with Crippen molar-refractivity contribution in [2.45, 2.75) is 52.2 Å². The number of hydrogen-bond donors (Lipinski definition) is 2. The Morgan fingerprint density at radius 3 is 1.95 bits per heavy atom. The number of benzene rings is 3. The Morgan fingerprint density at radius 1 is 0.842 bits per heavy atom. The predicted molar refractivity (Wildman–Crippen MR) is 146 cm³/mol. The smallest absolute Gasteiger partial charge is 0.306 e. The van der Waals surface area contributed by atoms with Gasteiger partial charge in [0.15, 0.2) is 5.78 Å². The number of ketones is 1. The van der Waals surface area contributed by atoms with Crippen LogP contribution in [-0.4, -0.2) is 35.4 Å². The van der Waals surface area contributed by atoms with Gasteiger partial charge in [-0.1, -0.05) is 86.6 Å². The van der Waals surface area contributed by atoms with E-state index in [0.717, 1.165) is 33.4 Å². The monoisotopic (exact) mass is 513 g/mol. The van der Waals surface area contributed by atoms with Gasteiger partial charge in [-0.05, 0) is 46.2 Å². The van der Waals surface area contributed by atoms with Crippen molar-refractivity contribution in [1.29, 1.82) is 0 Å². The van der Waals surface area contributed by atoms with Gasteiger partial charge in [0.2, 0.25) is 5.91 Å². The quantitative estimate of drug-likeness (QED) is 0.359. The average molecular weight is 514 g/mol. The summed E-state index contributed by atoms with van der Waals surface area (Å²) in [7, 11) is 0. The summed E-state index contributed by atoms with van der Waals surface area (Å²) < 4.78 is 5.72. The topological polar surface area (TPSA) is 92.7 Å². The molecule has 3 aromatic rings. The van der Waals surface area contributed by atoms with Crippen LogP contribution >= 0.6 is 0 Å². The third kappa shape index (κ3) is 6.20. The molecule has 0 saturated heterocycles. The zero-order valence-electron chi connectivity index (χ0n) is 22.1. The highest BCUT2D eigenvalue weighted by Gasteiger charge is 2.31. The zero-order valence-corrected chi connectivity index (χ0v) is 22.1. The molecule has 6 nitrogen and oxygen atoms in total. The van der Waals surface area contributed by atoms with Crippen molar-refractivity contribution in [3.63, 3.8) is 0 Å². The summed E-state index contributed by atoms with van der Waals surface area (Å²) in [6.45, 7) is 5.59. The van der Waals surface area contributed by atoms with E-state index in [9.17, 15) is 19.5 Å². The van der Waals surface area contributed by atoms with Gasteiger partial charge < -0.3 is 15.2 Å². The first kappa shape index (κ1) is 27.3. The maximum absolute atomic E-state index is 13.1. The first-order valence-electron chi connectivity index (χ1n) is 13.1. The lowest BCUT2D eigenvalue weighted by atomic mass is 9.91. The maximum Gasteiger partial charge on any atom is 0.306 e. The predicted octanol–water partition coefficient (Wildman–Crippen LogP) is 4.81. The second kappa shape index (κ2) is 12.2. The molecule has 38 heavy (non-hydrogen) atoms. The van der Waals surface area contributed by atoms with Crippen LogP contribution in [0, 0.1) is 11.8 Å². The Labute approximate surface area is 224 Å². The van der Waals surface area contributed by atoms with E-state index in [0.29, 0.717) is 0 Å². The number of rotatable bonds is 11. The number of esters is 1. The van der Waals surface area contributed by atoms with E-state index in [1.54, 1.807) is 31.2 Å². The second-order valence-electron chi connectivity index (χ2n) is 10.3. The standard InChI is InChI=1S/C32H35NO5/c1-20(2)28(32(37)33-21(3)30(35)16-22-12-14-23(18-34)15-13-22)17-31(36)38-19-29-26-10-6-4-8-24(26)25-9-5-7-11-27(25)29/h4-15,20-21,28-29,34H,16-19H2,1-3H3,(H,33,37)/t21-,28+/m0/s1. The minimum Gasteiger partial charge on any atom is -0.465 e. The Balaban J connectivity index is 1.33. The zero-order chi connectivity index (χ0) is 27.2. The number of ether oxygens (including phenoxy) is 1. The van der Waals surface area contributed by atoms with E-state index < -0.39 is 17.9 Å². The molecule has 1 aliphatic carbocycles. The molecule has 0 aliphatic heterocycles. The molecule has 6 heteroatoms. The van der Waals surface area contributed by atoms with E-state index in [2.05, 4.69) is 29.6 Å². The summed E-state index contributed by atoms with van der Waals surface area (Å²) in [5.74, 6) is -1.64. The fourth-order valence-corrected chi connectivity index (χ4v) is 5.00. The Hall–Kier alpha value is -3.77. The minimum absolute atomic E-state index is 0.0400. The van der Waals surface area contributed by atoms with E-state index in [1.165, 1.54) is 0 Å². The lowest BCUT2D eigenvalue weighted by Gasteiger charge is -2.22.